The number of benzene rings is 1. The quantitative estimate of drug-likeness (QED) is 0.598. The maximum Gasteiger partial charge on any atom is 0.258 e. The lowest BCUT2D eigenvalue weighted by Gasteiger charge is -2.22. The van der Waals surface area contributed by atoms with Crippen molar-refractivity contribution in [2.45, 2.75) is 33.4 Å². The molecule has 148 valence electrons. The van der Waals surface area contributed by atoms with E-state index in [0.29, 0.717) is 23.7 Å². The Morgan fingerprint density at radius 1 is 1.07 bits per heavy atom. The summed E-state index contributed by atoms with van der Waals surface area (Å²) in [7, 11) is 3.27. The molecular weight excluding hydrogens is 354 g/mol. The summed E-state index contributed by atoms with van der Waals surface area (Å²) in [5.41, 5.74) is 3.57. The van der Waals surface area contributed by atoms with Gasteiger partial charge in [-0.05, 0) is 49.2 Å². The molecule has 28 heavy (non-hydrogen) atoms. The molecule has 0 bridgehead atoms. The molecule has 6 nitrogen and oxygen atoms in total. The standard InChI is InChI=1S/C22H27N3O3/c1-5-10-24(14-17-8-9-19(27-3)20(12-17)28-4)15-18-13-21(26)25-11-6-7-16(2)22(25)23-18/h6-9,11-13H,5,10,14-15H2,1-4H3. The lowest BCUT2D eigenvalue weighted by atomic mass is 10.1. The predicted octanol–water partition coefficient (Wildman–Crippen LogP) is 3.43. The number of methoxy groups -OCH3 is 2. The highest BCUT2D eigenvalue weighted by Gasteiger charge is 2.12. The minimum absolute atomic E-state index is 0.0498. The molecule has 3 rings (SSSR count). The molecule has 0 saturated carbocycles. The zero-order valence-corrected chi connectivity index (χ0v) is 16.9. The zero-order valence-electron chi connectivity index (χ0n) is 16.9. The van der Waals surface area contributed by atoms with Crippen LogP contribution in [0.15, 0.2) is 47.4 Å². The van der Waals surface area contributed by atoms with Crippen LogP contribution in [0.3, 0.4) is 0 Å². The molecule has 1 aromatic carbocycles. The molecule has 0 radical (unpaired) electrons. The summed E-state index contributed by atoms with van der Waals surface area (Å²) < 4.78 is 12.3. The van der Waals surface area contributed by atoms with Gasteiger partial charge in [-0.25, -0.2) is 4.98 Å². The molecule has 0 aliphatic carbocycles. The van der Waals surface area contributed by atoms with E-state index < -0.39 is 0 Å². The van der Waals surface area contributed by atoms with E-state index in [-0.39, 0.29) is 5.56 Å². The molecule has 0 amide bonds. The molecule has 0 atom stereocenters. The number of hydrogen-bond acceptors (Lipinski definition) is 5. The van der Waals surface area contributed by atoms with Crippen molar-refractivity contribution in [1.82, 2.24) is 14.3 Å². The highest BCUT2D eigenvalue weighted by atomic mass is 16.5. The van der Waals surface area contributed by atoms with Crippen molar-refractivity contribution < 1.29 is 9.47 Å². The minimum Gasteiger partial charge on any atom is -0.493 e. The number of aromatic nitrogens is 2. The van der Waals surface area contributed by atoms with E-state index in [1.165, 1.54) is 0 Å². The normalized spacial score (nSPS) is 11.2. The highest BCUT2D eigenvalue weighted by Crippen LogP contribution is 2.28. The maximum atomic E-state index is 12.5. The van der Waals surface area contributed by atoms with Crippen molar-refractivity contribution in [2.75, 3.05) is 20.8 Å². The van der Waals surface area contributed by atoms with Crippen LogP contribution >= 0.6 is 0 Å². The number of rotatable bonds is 8. The second kappa shape index (κ2) is 8.89. The molecule has 6 heteroatoms. The van der Waals surface area contributed by atoms with Gasteiger partial charge >= 0.3 is 0 Å². The van der Waals surface area contributed by atoms with Gasteiger partial charge in [-0.15, -0.1) is 0 Å². The molecule has 0 saturated heterocycles. The van der Waals surface area contributed by atoms with Gasteiger partial charge in [0.15, 0.2) is 11.5 Å². The average Bonchev–Trinajstić information content (AvgIpc) is 2.69. The van der Waals surface area contributed by atoms with Crippen LogP contribution in [0.25, 0.3) is 5.65 Å². The molecular formula is C22H27N3O3. The maximum absolute atomic E-state index is 12.5. The van der Waals surface area contributed by atoms with Crippen molar-refractivity contribution in [2.24, 2.45) is 0 Å². The third-order valence-corrected chi connectivity index (χ3v) is 4.72. The first-order valence-electron chi connectivity index (χ1n) is 9.47. The highest BCUT2D eigenvalue weighted by molar-refractivity contribution is 5.47. The van der Waals surface area contributed by atoms with Gasteiger partial charge in [0.25, 0.3) is 5.56 Å². The minimum atomic E-state index is -0.0498. The topological polar surface area (TPSA) is 56.1 Å². The molecule has 3 aromatic rings. The fourth-order valence-electron chi connectivity index (χ4n) is 3.39. The van der Waals surface area contributed by atoms with Crippen molar-refractivity contribution in [3.05, 3.63) is 69.8 Å². The molecule has 2 aromatic heterocycles. The number of hydrogen-bond donors (Lipinski definition) is 0. The molecule has 0 unspecified atom stereocenters. The SMILES string of the molecule is CCCN(Cc1ccc(OC)c(OC)c1)Cc1cc(=O)n2cccc(C)c2n1. The van der Waals surface area contributed by atoms with E-state index in [2.05, 4.69) is 11.8 Å². The first kappa shape index (κ1) is 19.9. The van der Waals surface area contributed by atoms with Gasteiger partial charge in [0.1, 0.15) is 5.65 Å². The van der Waals surface area contributed by atoms with E-state index in [4.69, 9.17) is 14.5 Å². The lowest BCUT2D eigenvalue weighted by molar-refractivity contribution is 0.253. The lowest BCUT2D eigenvalue weighted by Crippen LogP contribution is -2.26. The van der Waals surface area contributed by atoms with E-state index in [9.17, 15) is 4.79 Å². The van der Waals surface area contributed by atoms with E-state index in [0.717, 1.165) is 36.3 Å². The Morgan fingerprint density at radius 2 is 1.86 bits per heavy atom. The van der Waals surface area contributed by atoms with E-state index in [1.54, 1.807) is 30.9 Å². The van der Waals surface area contributed by atoms with Crippen LogP contribution in [-0.2, 0) is 13.1 Å². The van der Waals surface area contributed by atoms with Gasteiger partial charge in [0.05, 0.1) is 19.9 Å². The van der Waals surface area contributed by atoms with Gasteiger partial charge in [-0.3, -0.25) is 14.1 Å². The fraction of sp³-hybridized carbons (Fsp3) is 0.364. The number of pyridine rings is 1. The van der Waals surface area contributed by atoms with Gasteiger partial charge in [0, 0.05) is 25.4 Å². The summed E-state index contributed by atoms with van der Waals surface area (Å²) in [5, 5.41) is 0. The van der Waals surface area contributed by atoms with Crippen LogP contribution in [0.5, 0.6) is 11.5 Å². The second-order valence-electron chi connectivity index (χ2n) is 6.87. The monoisotopic (exact) mass is 381 g/mol. The van der Waals surface area contributed by atoms with Gasteiger partial charge in [-0.1, -0.05) is 19.1 Å². The summed E-state index contributed by atoms with van der Waals surface area (Å²) >= 11 is 0. The molecule has 0 aliphatic rings. The molecule has 0 spiro atoms. The first-order chi connectivity index (χ1) is 13.5. The summed E-state index contributed by atoms with van der Waals surface area (Å²) in [6, 6.07) is 11.4. The van der Waals surface area contributed by atoms with Crippen LogP contribution in [0, 0.1) is 6.92 Å². The second-order valence-corrected chi connectivity index (χ2v) is 6.87. The largest absolute Gasteiger partial charge is 0.493 e. The molecule has 0 N–H and O–H groups in total. The summed E-state index contributed by atoms with van der Waals surface area (Å²) in [5.74, 6) is 1.43. The Kier molecular flexibility index (Phi) is 6.31. The average molecular weight is 381 g/mol. The van der Waals surface area contributed by atoms with E-state index >= 15 is 0 Å². The third kappa shape index (κ3) is 4.34. The van der Waals surface area contributed by atoms with Crippen molar-refractivity contribution >= 4 is 5.65 Å². The Hall–Kier alpha value is -2.86. The Morgan fingerprint density at radius 3 is 2.57 bits per heavy atom. The number of fused-ring (bicyclic) bond motifs is 1. The number of aryl methyl sites for hydroxylation is 1. The third-order valence-electron chi connectivity index (χ3n) is 4.72. The van der Waals surface area contributed by atoms with Gasteiger partial charge < -0.3 is 9.47 Å². The Labute approximate surface area is 165 Å². The van der Waals surface area contributed by atoms with Crippen LogP contribution in [0.1, 0.15) is 30.2 Å². The summed E-state index contributed by atoms with van der Waals surface area (Å²) in [4.78, 5) is 19.5. The van der Waals surface area contributed by atoms with Crippen molar-refractivity contribution in [1.29, 1.82) is 0 Å². The molecule has 0 fully saturated rings. The zero-order chi connectivity index (χ0) is 20.1. The number of nitrogens with zero attached hydrogens (tertiary/aromatic N) is 3. The van der Waals surface area contributed by atoms with Crippen LogP contribution in [0.2, 0.25) is 0 Å². The summed E-state index contributed by atoms with van der Waals surface area (Å²) in [6.45, 7) is 6.38. The number of ether oxygens (including phenoxy) is 2. The summed E-state index contributed by atoms with van der Waals surface area (Å²) in [6.07, 6.45) is 2.77. The van der Waals surface area contributed by atoms with Crippen LogP contribution < -0.4 is 15.0 Å². The van der Waals surface area contributed by atoms with Crippen LogP contribution in [0.4, 0.5) is 0 Å². The predicted molar refractivity (Wildman–Crippen MR) is 110 cm³/mol. The van der Waals surface area contributed by atoms with Gasteiger partial charge in [-0.2, -0.15) is 0 Å². The molecule has 0 aliphatic heterocycles. The van der Waals surface area contributed by atoms with Crippen molar-refractivity contribution in [3.63, 3.8) is 0 Å². The first-order valence-corrected chi connectivity index (χ1v) is 9.47. The molecule has 2 heterocycles. The van der Waals surface area contributed by atoms with Crippen molar-refractivity contribution in [3.8, 4) is 11.5 Å². The Bertz CT molecular complexity index is 1010. The van der Waals surface area contributed by atoms with Crippen LogP contribution in [-0.4, -0.2) is 35.0 Å². The fourth-order valence-corrected chi connectivity index (χ4v) is 3.39. The van der Waals surface area contributed by atoms with E-state index in [1.807, 2.05) is 37.3 Å². The smallest absolute Gasteiger partial charge is 0.258 e. The Balaban J connectivity index is 1.86. The van der Waals surface area contributed by atoms with Gasteiger partial charge in [0.2, 0.25) is 0 Å².